The van der Waals surface area contributed by atoms with Crippen LogP contribution in [0.4, 0.5) is 0 Å². The van der Waals surface area contributed by atoms with Gasteiger partial charge in [0.25, 0.3) is 8.32 Å². The lowest BCUT2D eigenvalue weighted by Crippen LogP contribution is -2.66. The molecule has 6 rings (SSSR count). The number of benzene rings is 2. The molecule has 1 saturated heterocycles. The Morgan fingerprint density at radius 2 is 1.59 bits per heavy atom. The number of pyridine rings is 1. The number of carboxylic acids is 1. The van der Waals surface area contributed by atoms with Crippen LogP contribution in [0.2, 0.25) is 5.04 Å². The Hall–Kier alpha value is -4.98. The monoisotopic (exact) mass is 820 g/mol. The molecule has 2 aliphatic rings. The smallest absolute Gasteiger partial charge is 0.303 e. The zero-order valence-electron chi connectivity index (χ0n) is 34.1. The molecule has 1 aliphatic carbocycles. The third-order valence-corrected chi connectivity index (χ3v) is 16.8. The van der Waals surface area contributed by atoms with E-state index in [0.29, 0.717) is 54.0 Å². The number of allylic oxidation sites excluding steroid dienone is 1. The highest BCUT2D eigenvalue weighted by molar-refractivity contribution is 6.99. The quantitative estimate of drug-likeness (QED) is 0.0382. The van der Waals surface area contributed by atoms with E-state index < -0.39 is 44.8 Å². The van der Waals surface area contributed by atoms with E-state index in [0.717, 1.165) is 15.9 Å². The first kappa shape index (κ1) is 43.6. The van der Waals surface area contributed by atoms with Gasteiger partial charge in [0.1, 0.15) is 18.1 Å². The third kappa shape index (κ3) is 9.58. The van der Waals surface area contributed by atoms with E-state index in [1.165, 1.54) is 4.90 Å². The van der Waals surface area contributed by atoms with E-state index in [2.05, 4.69) is 50.0 Å². The van der Waals surface area contributed by atoms with Crippen molar-refractivity contribution >= 4 is 48.1 Å². The van der Waals surface area contributed by atoms with Gasteiger partial charge in [0, 0.05) is 25.1 Å². The molecule has 0 radical (unpaired) electrons. The van der Waals surface area contributed by atoms with Crippen molar-refractivity contribution in [3.05, 3.63) is 126 Å². The highest BCUT2D eigenvalue weighted by atomic mass is 28.4. The fraction of sp³-hybridized carbons (Fsp3) is 0.404. The van der Waals surface area contributed by atoms with Crippen LogP contribution in [-0.2, 0) is 25.4 Å². The van der Waals surface area contributed by atoms with Crippen molar-refractivity contribution in [1.82, 2.24) is 9.88 Å². The summed E-state index contributed by atoms with van der Waals surface area (Å²) in [5.74, 6) is -3.08. The van der Waals surface area contributed by atoms with Crippen LogP contribution in [-0.4, -0.2) is 82.3 Å². The zero-order valence-corrected chi connectivity index (χ0v) is 35.1. The van der Waals surface area contributed by atoms with Crippen LogP contribution < -0.4 is 10.4 Å². The Morgan fingerprint density at radius 1 is 0.915 bits per heavy atom. The number of furan rings is 1. The van der Waals surface area contributed by atoms with Crippen molar-refractivity contribution in [2.75, 3.05) is 19.8 Å². The fourth-order valence-electron chi connectivity index (χ4n) is 9.06. The van der Waals surface area contributed by atoms with Crippen LogP contribution in [0, 0.1) is 17.8 Å². The summed E-state index contributed by atoms with van der Waals surface area (Å²) in [6.07, 6.45) is 4.63. The first-order valence-corrected chi connectivity index (χ1v) is 22.4. The number of aromatic nitrogens is 1. The average molecular weight is 821 g/mol. The predicted molar refractivity (Wildman–Crippen MR) is 228 cm³/mol. The number of fused-ring (bicyclic) bond motifs is 1. The number of aliphatic hydroxyl groups is 3. The summed E-state index contributed by atoms with van der Waals surface area (Å²) >= 11 is 0. The van der Waals surface area contributed by atoms with Gasteiger partial charge in [-0.3, -0.25) is 24.3 Å². The summed E-state index contributed by atoms with van der Waals surface area (Å²) in [6.45, 7) is 6.08. The van der Waals surface area contributed by atoms with E-state index >= 15 is 0 Å². The van der Waals surface area contributed by atoms with Crippen LogP contribution in [0.25, 0.3) is 11.6 Å². The molecular formula is C47H56N2O9Si. The largest absolute Gasteiger partial charge is 0.481 e. The SMILES string of the molecule is CC(C)(C)[Si](OCC1=C([C@H](O)CC/C(=C/c2ccc(CO)o2)c2ccccn2)[C@H](CO)[C@@H]2C(=O)N(CCCCCC(=O)O)C(=O)[C@@H]2C1)(c1ccccc1)c1ccccc1. The van der Waals surface area contributed by atoms with Crippen LogP contribution in [0.1, 0.15) is 82.9 Å². The molecule has 0 saturated carbocycles. The summed E-state index contributed by atoms with van der Waals surface area (Å²) in [5, 5.41) is 44.0. The summed E-state index contributed by atoms with van der Waals surface area (Å²) in [7, 11) is -3.09. The van der Waals surface area contributed by atoms with Crippen LogP contribution in [0.5, 0.6) is 0 Å². The Balaban J connectivity index is 1.39. The third-order valence-electron chi connectivity index (χ3n) is 11.8. The zero-order chi connectivity index (χ0) is 42.2. The molecule has 4 atom stereocenters. The molecular weight excluding hydrogens is 765 g/mol. The van der Waals surface area contributed by atoms with Crippen molar-refractivity contribution in [2.24, 2.45) is 17.8 Å². The first-order chi connectivity index (χ1) is 28.4. The average Bonchev–Trinajstić information content (AvgIpc) is 3.79. The van der Waals surface area contributed by atoms with E-state index in [-0.39, 0.29) is 55.9 Å². The molecule has 1 aliphatic heterocycles. The normalized spacial score (nSPS) is 19.3. The lowest BCUT2D eigenvalue weighted by atomic mass is 9.68. The number of imide groups is 1. The lowest BCUT2D eigenvalue weighted by Gasteiger charge is -2.44. The number of amides is 2. The molecule has 0 bridgehead atoms. The minimum atomic E-state index is -3.09. The van der Waals surface area contributed by atoms with Gasteiger partial charge in [0.15, 0.2) is 0 Å². The second kappa shape index (κ2) is 19.4. The Kier molecular flexibility index (Phi) is 14.3. The highest BCUT2D eigenvalue weighted by Crippen LogP contribution is 2.47. The second-order valence-corrected chi connectivity index (χ2v) is 20.9. The van der Waals surface area contributed by atoms with E-state index in [9.17, 15) is 29.7 Å². The van der Waals surface area contributed by atoms with Gasteiger partial charge in [-0.1, -0.05) is 93.9 Å². The molecule has 0 spiro atoms. The Morgan fingerprint density at radius 3 is 2.17 bits per heavy atom. The molecule has 12 heteroatoms. The standard InChI is InChI=1S/C47H56N2O9Si/c1-47(2,3)59(36-15-7-4-8-16-36,37-17-9-5-10-18-37)57-31-33-28-38-44(46(56)49(45(38)55)26-14-6-11-20-42(53)54)39(30-51)43(33)41(52)24-21-32(40-19-12-13-25-48-40)27-34-22-23-35(29-50)58-34/h4-5,7-10,12-13,15-19,22-23,25,27,38-39,41,44,50-52H,6,11,14,20-21,24,26,28-31H2,1-3H3,(H,53,54)/b32-27-/t38-,39+,41-,44-/m1/s1. The second-order valence-electron chi connectivity index (χ2n) is 16.6. The van der Waals surface area contributed by atoms with Gasteiger partial charge >= 0.3 is 5.97 Å². The molecule has 2 amide bonds. The number of carboxylic acid groups (broad SMARTS) is 1. The van der Waals surface area contributed by atoms with Crippen LogP contribution in [0.3, 0.4) is 0 Å². The number of hydrogen-bond donors (Lipinski definition) is 4. The van der Waals surface area contributed by atoms with Crippen molar-refractivity contribution in [3.8, 4) is 0 Å². The molecule has 0 unspecified atom stereocenters. The minimum absolute atomic E-state index is 0.0159. The number of aliphatic hydroxyl groups excluding tert-OH is 3. The van der Waals surface area contributed by atoms with Crippen molar-refractivity contribution in [1.29, 1.82) is 0 Å². The van der Waals surface area contributed by atoms with Gasteiger partial charge in [-0.25, -0.2) is 0 Å². The van der Waals surface area contributed by atoms with E-state index in [4.69, 9.17) is 13.9 Å². The number of likely N-dealkylation sites (tertiary alicyclic amines) is 1. The van der Waals surface area contributed by atoms with E-state index in [1.54, 1.807) is 18.3 Å². The van der Waals surface area contributed by atoms with E-state index in [1.807, 2.05) is 60.7 Å². The number of carbonyl (C=O) groups excluding carboxylic acids is 2. The van der Waals surface area contributed by atoms with Gasteiger partial charge < -0.3 is 29.3 Å². The number of aliphatic carboxylic acids is 1. The molecule has 11 nitrogen and oxygen atoms in total. The topological polar surface area (TPSA) is 171 Å². The Labute approximate surface area is 347 Å². The summed E-state index contributed by atoms with van der Waals surface area (Å²) in [6, 6.07) is 29.4. The molecule has 1 fully saturated rings. The Bertz CT molecular complexity index is 2070. The molecule has 4 aromatic rings. The van der Waals surface area contributed by atoms with Gasteiger partial charge in [-0.15, -0.1) is 0 Å². The lowest BCUT2D eigenvalue weighted by molar-refractivity contribution is -0.141. The molecule has 312 valence electrons. The number of rotatable bonds is 19. The van der Waals surface area contributed by atoms with Crippen LogP contribution in [0.15, 0.2) is 113 Å². The van der Waals surface area contributed by atoms with Crippen molar-refractivity contribution < 1.29 is 43.7 Å². The maximum Gasteiger partial charge on any atom is 0.303 e. The number of hydrogen-bond acceptors (Lipinski definition) is 9. The molecule has 3 heterocycles. The molecule has 2 aromatic carbocycles. The fourth-order valence-corrected chi connectivity index (χ4v) is 13.6. The predicted octanol–water partition coefficient (Wildman–Crippen LogP) is 5.98. The van der Waals surface area contributed by atoms with Gasteiger partial charge in [0.2, 0.25) is 11.8 Å². The summed E-state index contributed by atoms with van der Waals surface area (Å²) < 4.78 is 13.2. The maximum absolute atomic E-state index is 14.2. The van der Waals surface area contributed by atoms with Crippen molar-refractivity contribution in [2.45, 2.75) is 83.5 Å². The van der Waals surface area contributed by atoms with Gasteiger partial charge in [0.05, 0.1) is 36.8 Å². The minimum Gasteiger partial charge on any atom is -0.481 e. The molecule has 59 heavy (non-hydrogen) atoms. The van der Waals surface area contributed by atoms with Gasteiger partial charge in [-0.2, -0.15) is 0 Å². The number of unbranched alkanes of at least 4 members (excludes halogenated alkanes) is 2. The number of nitrogens with zero attached hydrogens (tertiary/aromatic N) is 2. The maximum atomic E-state index is 14.2. The highest BCUT2D eigenvalue weighted by Gasteiger charge is 2.56. The molecule has 4 N–H and O–H groups in total. The first-order valence-electron chi connectivity index (χ1n) is 20.5. The summed E-state index contributed by atoms with van der Waals surface area (Å²) in [4.78, 5) is 45.3. The van der Waals surface area contributed by atoms with Gasteiger partial charge in [-0.05, 0) is 94.6 Å². The van der Waals surface area contributed by atoms with Crippen LogP contribution >= 0.6 is 0 Å². The summed E-state index contributed by atoms with van der Waals surface area (Å²) in [5.41, 5.74) is 2.70. The number of carbonyl (C=O) groups is 3. The molecule has 2 aromatic heterocycles. The van der Waals surface area contributed by atoms with Crippen molar-refractivity contribution in [3.63, 3.8) is 0 Å².